The molecule has 83 heavy (non-hydrogen) atoms. The lowest BCUT2D eigenvalue weighted by atomic mass is 9.98. The maximum Gasteiger partial charge on any atom is 0.402 e. The predicted octanol–water partition coefficient (Wildman–Crippen LogP) is 0.595. The van der Waals surface area contributed by atoms with Gasteiger partial charge in [-0.25, -0.2) is 14.0 Å². The lowest BCUT2D eigenvalue weighted by Crippen LogP contribution is -2.64. The number of phenols is 4. The molecule has 0 radical (unpaired) electrons. The van der Waals surface area contributed by atoms with E-state index in [9.17, 15) is 75.3 Å². The van der Waals surface area contributed by atoms with E-state index in [2.05, 4.69) is 0 Å². The maximum absolute atomic E-state index is 13.4. The van der Waals surface area contributed by atoms with Crippen LogP contribution in [0.15, 0.2) is 95.4 Å². The molecule has 0 spiro atoms. The molecule has 0 saturated carbocycles. The summed E-state index contributed by atoms with van der Waals surface area (Å²) < 4.78 is 68.7. The van der Waals surface area contributed by atoms with Crippen LogP contribution in [0.5, 0.6) is 46.0 Å². The number of hydrogen-bond donors (Lipinski definition) is 12. The summed E-state index contributed by atoms with van der Waals surface area (Å²) in [6, 6.07) is 17.0. The van der Waals surface area contributed by atoms with Crippen molar-refractivity contribution in [3.63, 3.8) is 0 Å². The highest BCUT2D eigenvalue weighted by Gasteiger charge is 2.52. The van der Waals surface area contributed by atoms with Crippen LogP contribution < -0.4 is 18.9 Å². The van der Waals surface area contributed by atoms with Crippen molar-refractivity contribution in [2.75, 3.05) is 34.0 Å². The Morgan fingerprint density at radius 2 is 1.18 bits per heavy atom. The summed E-state index contributed by atoms with van der Waals surface area (Å²) in [7, 11) is 2.63. The molecule has 4 heterocycles. The summed E-state index contributed by atoms with van der Waals surface area (Å²) in [4.78, 5) is 49.6. The van der Waals surface area contributed by atoms with E-state index in [4.69, 9.17) is 61.6 Å². The number of hydrogen-bond acceptors (Lipinski definition) is 26. The number of carboxylic acids is 1. The zero-order valence-corrected chi connectivity index (χ0v) is 43.6. The zero-order chi connectivity index (χ0) is 59.8. The summed E-state index contributed by atoms with van der Waals surface area (Å²) in [6.45, 7) is -2.24. The van der Waals surface area contributed by atoms with E-state index in [1.165, 1.54) is 93.1 Å². The second-order valence-electron chi connectivity index (χ2n) is 18.8. The van der Waals surface area contributed by atoms with Crippen LogP contribution in [0.1, 0.15) is 17.5 Å². The summed E-state index contributed by atoms with van der Waals surface area (Å²) in [5.74, 6) is -6.70. The number of benzene rings is 4. The van der Waals surface area contributed by atoms with Gasteiger partial charge in [0.15, 0.2) is 41.5 Å². The Hall–Kier alpha value is -8.39. The van der Waals surface area contributed by atoms with Crippen molar-refractivity contribution >= 4 is 47.0 Å². The van der Waals surface area contributed by atoms with E-state index in [0.29, 0.717) is 11.1 Å². The zero-order valence-electron chi connectivity index (χ0n) is 43.6. The summed E-state index contributed by atoms with van der Waals surface area (Å²) in [6.07, 6.45) is -23.2. The Morgan fingerprint density at radius 3 is 1.81 bits per heavy atom. The molecule has 8 rings (SSSR count). The Morgan fingerprint density at radius 1 is 0.590 bits per heavy atom. The van der Waals surface area contributed by atoms with Crippen molar-refractivity contribution in [3.05, 3.63) is 102 Å². The molecular formula is C55H57O28+. The molecule has 0 aliphatic carbocycles. The van der Waals surface area contributed by atoms with Gasteiger partial charge in [0.2, 0.25) is 18.3 Å². The molecule has 3 aliphatic heterocycles. The molecule has 0 bridgehead atoms. The number of phenolic OH excluding ortho intramolecular Hbond substituents is 4. The highest BCUT2D eigenvalue weighted by Crippen LogP contribution is 2.43. The molecule has 5 aromatic rings. The van der Waals surface area contributed by atoms with Crippen LogP contribution in [0.3, 0.4) is 0 Å². The number of aromatic hydroxyl groups is 4. The van der Waals surface area contributed by atoms with Gasteiger partial charge in [0.05, 0.1) is 32.5 Å². The molecule has 0 amide bonds. The predicted molar refractivity (Wildman–Crippen MR) is 276 cm³/mol. The number of fused-ring (bicyclic) bond motifs is 1. The third-order valence-electron chi connectivity index (χ3n) is 13.0. The molecule has 12 N–H and O–H groups in total. The fraction of sp³-hybridized carbons (Fsp3) is 0.364. The number of esters is 3. The SMILES string of the molecule is COc1cc(C=CC(=O)OCC2OC(Oc3cc4c(OC5OC(COC(=O)CC(=O)O)C(O)C(O)C5O)cc(O)cc4[o+]c3-c3ccc(O)cc3)C(OC3OCC(O)C(O)C3OC(=O)C=Cc3ccc(O)c(OC)c3)C(O)C2O)ccc1O. The summed E-state index contributed by atoms with van der Waals surface area (Å²) in [5.41, 5.74) is 0.735. The van der Waals surface area contributed by atoms with Gasteiger partial charge in [0, 0.05) is 24.3 Å². The highest BCUT2D eigenvalue weighted by atomic mass is 16.8. The molecule has 28 heteroatoms. The molecule has 1 aromatic heterocycles. The first-order chi connectivity index (χ1) is 39.6. The van der Waals surface area contributed by atoms with Crippen LogP contribution in [0.2, 0.25) is 0 Å². The first-order valence-corrected chi connectivity index (χ1v) is 25.1. The van der Waals surface area contributed by atoms with Crippen LogP contribution in [-0.2, 0) is 52.3 Å². The number of ether oxygens (including phenoxy) is 11. The van der Waals surface area contributed by atoms with Gasteiger partial charge in [0.25, 0.3) is 0 Å². The third kappa shape index (κ3) is 14.6. The van der Waals surface area contributed by atoms with Crippen molar-refractivity contribution < 1.29 is 137 Å². The van der Waals surface area contributed by atoms with Crippen molar-refractivity contribution in [1.82, 2.24) is 0 Å². The van der Waals surface area contributed by atoms with Crippen molar-refractivity contribution in [1.29, 1.82) is 0 Å². The van der Waals surface area contributed by atoms with Crippen LogP contribution in [0, 0.1) is 0 Å². The monoisotopic (exact) mass is 1170 g/mol. The van der Waals surface area contributed by atoms with Crippen LogP contribution in [0.25, 0.3) is 34.4 Å². The van der Waals surface area contributed by atoms with Gasteiger partial charge in [0.1, 0.15) is 97.2 Å². The second-order valence-corrected chi connectivity index (χ2v) is 18.8. The fourth-order valence-electron chi connectivity index (χ4n) is 8.68. The lowest BCUT2D eigenvalue weighted by molar-refractivity contribution is -0.345. The van der Waals surface area contributed by atoms with Gasteiger partial charge in [-0.3, -0.25) is 9.59 Å². The Bertz CT molecular complexity index is 3180. The van der Waals surface area contributed by atoms with Crippen LogP contribution in [-0.4, -0.2) is 205 Å². The van der Waals surface area contributed by atoms with Gasteiger partial charge < -0.3 is 113 Å². The maximum atomic E-state index is 13.4. The Labute approximate surface area is 468 Å². The normalized spacial score (nSPS) is 27.2. The number of carbonyl (C=O) groups is 4. The molecule has 14 unspecified atom stereocenters. The quantitative estimate of drug-likeness (QED) is 0.0167. The molecular weight excluding hydrogens is 1110 g/mol. The lowest BCUT2D eigenvalue weighted by Gasteiger charge is -2.45. The van der Waals surface area contributed by atoms with Crippen molar-refractivity contribution in [3.8, 4) is 57.3 Å². The Kier molecular flexibility index (Phi) is 19.5. The largest absolute Gasteiger partial charge is 0.508 e. The van der Waals surface area contributed by atoms with E-state index in [0.717, 1.165) is 24.3 Å². The minimum atomic E-state index is -2.13. The minimum absolute atomic E-state index is 0.0789. The summed E-state index contributed by atoms with van der Waals surface area (Å²) in [5, 5.41) is 128. The second kappa shape index (κ2) is 26.7. The molecule has 3 saturated heterocycles. The van der Waals surface area contributed by atoms with E-state index in [-0.39, 0.29) is 62.5 Å². The van der Waals surface area contributed by atoms with Crippen molar-refractivity contribution in [2.45, 2.75) is 92.4 Å². The van der Waals surface area contributed by atoms with Gasteiger partial charge in [-0.05, 0) is 71.8 Å². The van der Waals surface area contributed by atoms with Crippen LogP contribution in [0.4, 0.5) is 0 Å². The Balaban J connectivity index is 1.14. The first kappa shape index (κ1) is 60.7. The fourth-order valence-corrected chi connectivity index (χ4v) is 8.68. The average Bonchev–Trinajstić information content (AvgIpc) is 3.64. The number of rotatable bonds is 20. The molecule has 444 valence electrons. The number of carboxylic acid groups (broad SMARTS) is 1. The standard InChI is InChI=1S/C55H56O28/c1-72-35-15-24(3-11-30(35)58)5-13-41(63)74-22-39-46(68)48(70)52(83-54-51(44(66)32(60)21-76-54)82-42(64)14-6-25-4-12-31(59)36(16-25)73-2)55(81-39)79-37-19-29-33(77-50(37)26-7-9-27(56)10-8-26)17-28(57)18-34(29)78-53-49(71)47(69)45(67)38(80-53)23-75-43(65)20-40(61)62/h3-19,32,38-39,44-49,51-55,60,66-71H,20-23H2,1-2H3,(H4-,56,57,58,59,61,62,63,64)/p+1. The molecule has 28 nitrogen and oxygen atoms in total. The number of methoxy groups -OCH3 is 2. The van der Waals surface area contributed by atoms with Gasteiger partial charge in [-0.2, -0.15) is 0 Å². The first-order valence-electron chi connectivity index (χ1n) is 25.1. The number of aliphatic hydroxyl groups is 7. The third-order valence-corrected chi connectivity index (χ3v) is 13.0. The molecule has 14 atom stereocenters. The summed E-state index contributed by atoms with van der Waals surface area (Å²) >= 11 is 0. The van der Waals surface area contributed by atoms with E-state index in [1.54, 1.807) is 0 Å². The highest BCUT2D eigenvalue weighted by molar-refractivity contribution is 5.91. The number of aliphatic carboxylic acids is 1. The average molecular weight is 1170 g/mol. The smallest absolute Gasteiger partial charge is 0.402 e. The van der Waals surface area contributed by atoms with E-state index >= 15 is 0 Å². The molecule has 4 aromatic carbocycles. The van der Waals surface area contributed by atoms with Crippen LogP contribution >= 0.6 is 0 Å². The molecule has 3 fully saturated rings. The van der Waals surface area contributed by atoms with Crippen molar-refractivity contribution in [2.24, 2.45) is 0 Å². The van der Waals surface area contributed by atoms with Gasteiger partial charge in [-0.15, -0.1) is 0 Å². The molecule has 3 aliphatic rings. The van der Waals surface area contributed by atoms with Gasteiger partial charge in [-0.1, -0.05) is 12.1 Å². The number of aliphatic hydroxyl groups excluding tert-OH is 7. The topological polar surface area (TPSA) is 424 Å². The van der Waals surface area contributed by atoms with E-state index < -0.39 is 142 Å². The van der Waals surface area contributed by atoms with E-state index in [1.807, 2.05) is 0 Å². The number of carbonyl (C=O) groups excluding carboxylic acids is 3. The minimum Gasteiger partial charge on any atom is -0.508 e. The van der Waals surface area contributed by atoms with Gasteiger partial charge >= 0.3 is 35.2 Å².